The molecule has 0 amide bonds. The third-order valence-corrected chi connectivity index (χ3v) is 8.09. The van der Waals surface area contributed by atoms with Gasteiger partial charge in [0.05, 0.1) is 38.5 Å². The van der Waals surface area contributed by atoms with E-state index >= 15 is 0 Å². The molecule has 5 rings (SSSR count). The molecule has 0 fully saturated rings. The summed E-state index contributed by atoms with van der Waals surface area (Å²) in [7, 11) is 4.01. The largest absolute Gasteiger partial charge is 0.497 e. The van der Waals surface area contributed by atoms with E-state index in [1.54, 1.807) is 43.5 Å². The van der Waals surface area contributed by atoms with E-state index in [0.29, 0.717) is 28.3 Å². The van der Waals surface area contributed by atoms with Crippen LogP contribution in [-0.4, -0.2) is 39.1 Å². The van der Waals surface area contributed by atoms with E-state index in [-0.39, 0.29) is 23.4 Å². The minimum atomic E-state index is -1.19. The first-order chi connectivity index (χ1) is 19.3. The number of ketones is 1. The van der Waals surface area contributed by atoms with Crippen molar-refractivity contribution >= 4 is 34.7 Å². The Balaban J connectivity index is 1.79. The number of nitrogens with two attached hydrogens (primary N) is 1. The van der Waals surface area contributed by atoms with Crippen LogP contribution >= 0.6 is 11.3 Å². The molecule has 0 saturated carbocycles. The fraction of sp³-hybridized carbons (Fsp3) is 0.233. The van der Waals surface area contributed by atoms with Crippen LogP contribution in [0.25, 0.3) is 0 Å². The summed E-state index contributed by atoms with van der Waals surface area (Å²) in [5.74, 6) is -4.52. The van der Waals surface area contributed by atoms with Crippen molar-refractivity contribution in [3.05, 3.63) is 105 Å². The predicted molar refractivity (Wildman–Crippen MR) is 147 cm³/mol. The number of halogens is 1. The second-order valence-corrected chi connectivity index (χ2v) is 10.2. The van der Waals surface area contributed by atoms with E-state index in [0.717, 1.165) is 0 Å². The van der Waals surface area contributed by atoms with Crippen LogP contribution in [-0.2, 0) is 23.9 Å². The van der Waals surface area contributed by atoms with E-state index in [4.69, 9.17) is 19.9 Å². The molecular formula is C30H27FN2O6S. The topological polar surface area (TPSA) is 108 Å². The van der Waals surface area contributed by atoms with Crippen LogP contribution in [0.4, 0.5) is 10.1 Å². The zero-order valence-electron chi connectivity index (χ0n) is 22.1. The Labute approximate surface area is 234 Å². The molecule has 40 heavy (non-hydrogen) atoms. The zero-order valence-corrected chi connectivity index (χ0v) is 22.9. The lowest BCUT2D eigenvalue weighted by atomic mass is 9.67. The lowest BCUT2D eigenvalue weighted by molar-refractivity contribution is -0.150. The van der Waals surface area contributed by atoms with Gasteiger partial charge in [-0.05, 0) is 64.7 Å². The molecule has 0 bridgehead atoms. The van der Waals surface area contributed by atoms with Crippen molar-refractivity contribution in [2.24, 2.45) is 11.7 Å². The average molecular weight is 563 g/mol. The van der Waals surface area contributed by atoms with E-state index in [2.05, 4.69) is 0 Å². The lowest BCUT2D eigenvalue weighted by Gasteiger charge is -2.43. The Morgan fingerprint density at radius 1 is 1.02 bits per heavy atom. The number of ether oxygens (including phenoxy) is 3. The smallest absolute Gasteiger partial charge is 0.338 e. The molecule has 0 unspecified atom stereocenters. The van der Waals surface area contributed by atoms with Gasteiger partial charge in [-0.3, -0.25) is 14.5 Å². The van der Waals surface area contributed by atoms with Gasteiger partial charge in [0, 0.05) is 17.2 Å². The van der Waals surface area contributed by atoms with Gasteiger partial charge in [0.2, 0.25) is 0 Å². The highest BCUT2D eigenvalue weighted by Crippen LogP contribution is 2.51. The Bertz CT molecular complexity index is 1530. The van der Waals surface area contributed by atoms with Crippen molar-refractivity contribution in [2.45, 2.75) is 18.3 Å². The molecule has 0 spiro atoms. The monoisotopic (exact) mass is 562 g/mol. The third kappa shape index (κ3) is 4.54. The van der Waals surface area contributed by atoms with Crippen LogP contribution in [0.15, 0.2) is 88.0 Å². The molecule has 2 heterocycles. The Morgan fingerprint density at radius 3 is 2.38 bits per heavy atom. The predicted octanol–water partition coefficient (Wildman–Crippen LogP) is 4.64. The van der Waals surface area contributed by atoms with Gasteiger partial charge in [-0.25, -0.2) is 9.18 Å². The standard InChI is InChI=1S/C30H27FN2O6S/c1-37-20-9-7-16(8-10-20)21-14-22-25(27(34)24(21)29(35)38-2)23(17-11-12-40-15-17)26(30(36)39-3)28(32)33(22)19-6-4-5-18(31)13-19/h4-13,15,21,23-24H,14,32H2,1-3H3/t21-,23-,24+/m0/s1. The number of anilines is 1. The van der Waals surface area contributed by atoms with Crippen LogP contribution in [0.1, 0.15) is 29.4 Å². The maximum Gasteiger partial charge on any atom is 0.338 e. The number of carbonyl (C=O) groups is 3. The molecule has 206 valence electrons. The first-order valence-corrected chi connectivity index (χ1v) is 13.4. The number of methoxy groups -OCH3 is 3. The second kappa shape index (κ2) is 11.0. The summed E-state index contributed by atoms with van der Waals surface area (Å²) in [5.41, 5.74) is 9.12. The number of hydrogen-bond donors (Lipinski definition) is 1. The maximum atomic E-state index is 14.5. The van der Waals surface area contributed by atoms with Crippen molar-refractivity contribution < 1.29 is 33.0 Å². The van der Waals surface area contributed by atoms with Gasteiger partial charge in [-0.1, -0.05) is 18.2 Å². The first-order valence-electron chi connectivity index (χ1n) is 12.4. The number of rotatable bonds is 6. The Kier molecular flexibility index (Phi) is 7.44. The van der Waals surface area contributed by atoms with Crippen molar-refractivity contribution in [3.8, 4) is 5.75 Å². The van der Waals surface area contributed by atoms with Crippen LogP contribution in [0.5, 0.6) is 5.75 Å². The van der Waals surface area contributed by atoms with Gasteiger partial charge in [0.25, 0.3) is 0 Å². The summed E-state index contributed by atoms with van der Waals surface area (Å²) in [6.07, 6.45) is 0.180. The number of esters is 2. The van der Waals surface area contributed by atoms with Gasteiger partial charge >= 0.3 is 11.9 Å². The lowest BCUT2D eigenvalue weighted by Crippen LogP contribution is -2.46. The number of Topliss-reactive ketones (excluding diaryl/α,β-unsaturated/α-hetero) is 1. The van der Waals surface area contributed by atoms with Crippen LogP contribution < -0.4 is 15.4 Å². The van der Waals surface area contributed by atoms with E-state index < -0.39 is 41.3 Å². The summed E-state index contributed by atoms with van der Waals surface area (Å²) >= 11 is 1.39. The normalized spacial score (nSPS) is 20.8. The Hall–Kier alpha value is -4.44. The quantitative estimate of drug-likeness (QED) is 0.342. The molecule has 0 saturated heterocycles. The van der Waals surface area contributed by atoms with Gasteiger partial charge in [-0.15, -0.1) is 0 Å². The molecule has 1 aliphatic carbocycles. The summed E-state index contributed by atoms with van der Waals surface area (Å²) in [6, 6.07) is 14.6. The molecule has 3 aromatic rings. The maximum absolute atomic E-state index is 14.5. The molecule has 10 heteroatoms. The van der Waals surface area contributed by atoms with Crippen molar-refractivity contribution in [1.82, 2.24) is 0 Å². The van der Waals surface area contributed by atoms with Crippen molar-refractivity contribution in [3.63, 3.8) is 0 Å². The van der Waals surface area contributed by atoms with Gasteiger partial charge < -0.3 is 19.9 Å². The molecule has 1 aliphatic heterocycles. The van der Waals surface area contributed by atoms with Crippen molar-refractivity contribution in [1.29, 1.82) is 0 Å². The number of hydrogen-bond acceptors (Lipinski definition) is 9. The molecule has 2 aliphatic rings. The highest BCUT2D eigenvalue weighted by Gasteiger charge is 2.51. The van der Waals surface area contributed by atoms with E-state index in [1.807, 2.05) is 10.8 Å². The molecule has 2 N–H and O–H groups in total. The van der Waals surface area contributed by atoms with E-state index in [1.165, 1.54) is 48.7 Å². The van der Waals surface area contributed by atoms with Gasteiger partial charge in [0.15, 0.2) is 5.78 Å². The molecule has 1 aromatic heterocycles. The summed E-state index contributed by atoms with van der Waals surface area (Å²) in [5, 5.41) is 3.64. The van der Waals surface area contributed by atoms with Crippen LogP contribution in [0.3, 0.4) is 0 Å². The fourth-order valence-corrected chi connectivity index (χ4v) is 6.27. The first kappa shape index (κ1) is 27.1. The Morgan fingerprint density at radius 2 is 1.77 bits per heavy atom. The van der Waals surface area contributed by atoms with Gasteiger partial charge in [0.1, 0.15) is 23.3 Å². The number of allylic oxidation sites excluding steroid dienone is 2. The minimum absolute atomic E-state index is 0.0187. The number of benzene rings is 2. The summed E-state index contributed by atoms with van der Waals surface area (Å²) in [4.78, 5) is 42.4. The van der Waals surface area contributed by atoms with Crippen LogP contribution in [0, 0.1) is 11.7 Å². The third-order valence-electron chi connectivity index (χ3n) is 7.39. The van der Waals surface area contributed by atoms with E-state index in [9.17, 15) is 18.8 Å². The molecule has 2 aromatic carbocycles. The molecule has 3 atom stereocenters. The molecule has 8 nitrogen and oxygen atoms in total. The van der Waals surface area contributed by atoms with Gasteiger partial charge in [-0.2, -0.15) is 11.3 Å². The highest BCUT2D eigenvalue weighted by molar-refractivity contribution is 7.08. The SMILES string of the molecule is COC(=O)C1=C(N)N(c2cccc(F)c2)C2=C(C(=O)[C@H](C(=O)OC)[C@H](c3ccc(OC)cc3)C2)[C@@H]1c1ccsc1. The summed E-state index contributed by atoms with van der Waals surface area (Å²) < 4.78 is 30.0. The number of nitrogens with zero attached hydrogens (tertiary/aromatic N) is 1. The number of thiophene rings is 1. The van der Waals surface area contributed by atoms with Crippen LogP contribution in [0.2, 0.25) is 0 Å². The zero-order chi connectivity index (χ0) is 28.6. The van der Waals surface area contributed by atoms with Crippen molar-refractivity contribution in [2.75, 3.05) is 26.2 Å². The second-order valence-electron chi connectivity index (χ2n) is 9.40. The number of carbonyl (C=O) groups excluding carboxylic acids is 3. The summed E-state index contributed by atoms with van der Waals surface area (Å²) in [6.45, 7) is 0. The minimum Gasteiger partial charge on any atom is -0.497 e. The average Bonchev–Trinajstić information content (AvgIpc) is 3.50. The molecular weight excluding hydrogens is 535 g/mol. The highest BCUT2D eigenvalue weighted by atomic mass is 32.1. The fourth-order valence-electron chi connectivity index (χ4n) is 5.58. The molecule has 0 radical (unpaired) electrons.